The van der Waals surface area contributed by atoms with E-state index in [4.69, 9.17) is 10.2 Å². The number of aliphatic hydroxyl groups is 1. The third kappa shape index (κ3) is 4.67. The number of benzene rings is 1. The molecule has 1 aromatic carbocycles. The Morgan fingerprint density at radius 1 is 1.13 bits per heavy atom. The maximum absolute atomic E-state index is 12.9. The Hall–Kier alpha value is -3.15. The fraction of sp³-hybridized carbons (Fsp3) is 0.0588. The van der Waals surface area contributed by atoms with Gasteiger partial charge in [0.15, 0.2) is 5.78 Å². The number of allylic oxidation sites excluding steroid dienone is 2. The van der Waals surface area contributed by atoms with Gasteiger partial charge >= 0.3 is 5.97 Å². The Morgan fingerprint density at radius 2 is 1.83 bits per heavy atom. The summed E-state index contributed by atoms with van der Waals surface area (Å²) in [6.45, 7) is 0.497. The van der Waals surface area contributed by atoms with E-state index >= 15 is 0 Å². The van der Waals surface area contributed by atoms with Crippen LogP contribution >= 0.6 is 0 Å². The number of aliphatic carboxylic acids is 1. The zero-order chi connectivity index (χ0) is 16.8. The van der Waals surface area contributed by atoms with Crippen LogP contribution < -0.4 is 0 Å². The maximum Gasteiger partial charge on any atom is 0.371 e. The normalized spacial score (nSPS) is 11.8. The molecule has 1 heterocycles. The zero-order valence-electron chi connectivity index (χ0n) is 12.0. The Morgan fingerprint density at radius 3 is 2.48 bits per heavy atom. The number of halogens is 1. The van der Waals surface area contributed by atoms with Crippen LogP contribution in [0.3, 0.4) is 0 Å². The fourth-order valence-electron chi connectivity index (χ4n) is 1.92. The number of hydrogen-bond donors (Lipinski definition) is 2. The molecule has 0 unspecified atom stereocenters. The first-order valence-corrected chi connectivity index (χ1v) is 6.71. The van der Waals surface area contributed by atoms with Crippen molar-refractivity contribution in [2.75, 3.05) is 0 Å². The molecule has 5 nitrogen and oxygen atoms in total. The second kappa shape index (κ2) is 7.22. The molecular weight excluding hydrogens is 301 g/mol. The van der Waals surface area contributed by atoms with E-state index in [1.807, 2.05) is 4.57 Å². The van der Waals surface area contributed by atoms with Crippen LogP contribution in [0.25, 0.3) is 6.08 Å². The quantitative estimate of drug-likeness (QED) is 0.634. The van der Waals surface area contributed by atoms with Crippen LogP contribution in [-0.2, 0) is 16.1 Å². The lowest BCUT2D eigenvalue weighted by atomic mass is 10.2. The minimum absolute atomic E-state index is 0.308. The number of aromatic nitrogens is 1. The molecule has 0 radical (unpaired) electrons. The molecule has 0 amide bonds. The Balaban J connectivity index is 2.10. The third-order valence-corrected chi connectivity index (χ3v) is 3.05. The van der Waals surface area contributed by atoms with Gasteiger partial charge in [0.25, 0.3) is 0 Å². The number of nitrogens with zero attached hydrogens (tertiary/aromatic N) is 1. The topological polar surface area (TPSA) is 79.5 Å². The summed E-state index contributed by atoms with van der Waals surface area (Å²) in [7, 11) is 0. The molecule has 0 bridgehead atoms. The molecule has 2 aromatic rings. The minimum Gasteiger partial charge on any atom is -0.502 e. The second-order valence-electron chi connectivity index (χ2n) is 4.76. The van der Waals surface area contributed by atoms with E-state index in [1.165, 1.54) is 18.2 Å². The number of hydrogen-bond acceptors (Lipinski definition) is 3. The van der Waals surface area contributed by atoms with Gasteiger partial charge in [0.1, 0.15) is 5.82 Å². The van der Waals surface area contributed by atoms with Gasteiger partial charge < -0.3 is 14.8 Å². The molecular formula is C17H14FNO4. The van der Waals surface area contributed by atoms with E-state index < -0.39 is 17.5 Å². The van der Waals surface area contributed by atoms with Crippen molar-refractivity contribution >= 4 is 17.8 Å². The lowest BCUT2D eigenvalue weighted by Gasteiger charge is -2.06. The number of carbonyl (C=O) groups is 2. The van der Waals surface area contributed by atoms with Crippen LogP contribution in [0.5, 0.6) is 0 Å². The van der Waals surface area contributed by atoms with Crippen LogP contribution in [0.1, 0.15) is 11.3 Å². The van der Waals surface area contributed by atoms with Gasteiger partial charge in [-0.15, -0.1) is 0 Å². The zero-order valence-corrected chi connectivity index (χ0v) is 12.0. The fourth-order valence-corrected chi connectivity index (χ4v) is 1.92. The van der Waals surface area contributed by atoms with Gasteiger partial charge in [0.05, 0.1) is 0 Å². The first kappa shape index (κ1) is 16.2. The van der Waals surface area contributed by atoms with Crippen LogP contribution in [0, 0.1) is 5.82 Å². The molecule has 6 heteroatoms. The molecule has 2 N–H and O–H groups in total. The second-order valence-corrected chi connectivity index (χ2v) is 4.76. The summed E-state index contributed by atoms with van der Waals surface area (Å²) in [5, 5.41) is 17.5. The van der Waals surface area contributed by atoms with E-state index in [9.17, 15) is 14.0 Å². The Bertz CT molecular complexity index is 772. The molecule has 1 aromatic heterocycles. The number of ketones is 1. The molecule has 0 atom stereocenters. The van der Waals surface area contributed by atoms with E-state index in [1.54, 1.807) is 30.5 Å². The first-order chi connectivity index (χ1) is 11.0. The van der Waals surface area contributed by atoms with Crippen molar-refractivity contribution in [3.05, 3.63) is 77.6 Å². The average molecular weight is 315 g/mol. The number of carboxylic acid groups (broad SMARTS) is 1. The van der Waals surface area contributed by atoms with E-state index in [0.717, 1.165) is 11.6 Å². The van der Waals surface area contributed by atoms with E-state index in [0.29, 0.717) is 18.3 Å². The molecule has 0 saturated carbocycles. The summed E-state index contributed by atoms with van der Waals surface area (Å²) in [6.07, 6.45) is 5.11. The maximum atomic E-state index is 12.9. The predicted octanol–water partition coefficient (Wildman–Crippen LogP) is 2.78. The molecule has 118 valence electrons. The summed E-state index contributed by atoms with van der Waals surface area (Å²) < 4.78 is 14.7. The lowest BCUT2D eigenvalue weighted by Crippen LogP contribution is -2.02. The Labute approximate surface area is 131 Å². The highest BCUT2D eigenvalue weighted by Crippen LogP contribution is 2.10. The molecule has 2 rings (SSSR count). The lowest BCUT2D eigenvalue weighted by molar-refractivity contribution is -0.135. The van der Waals surface area contributed by atoms with Gasteiger partial charge in [0, 0.05) is 24.5 Å². The largest absolute Gasteiger partial charge is 0.502 e. The van der Waals surface area contributed by atoms with Crippen molar-refractivity contribution in [3.63, 3.8) is 0 Å². The highest BCUT2D eigenvalue weighted by Gasteiger charge is 2.05. The standard InChI is InChI=1S/C17H14FNO4/c18-13-5-3-12(4-6-13)11-19-9-1-2-14(19)7-8-15(20)10-16(21)17(22)23/h1-10,21H,11H2,(H,22,23)/b8-7+,16-10-. The highest BCUT2D eigenvalue weighted by molar-refractivity contribution is 6.05. The third-order valence-electron chi connectivity index (χ3n) is 3.05. The monoisotopic (exact) mass is 315 g/mol. The van der Waals surface area contributed by atoms with Crippen LogP contribution in [0.4, 0.5) is 4.39 Å². The van der Waals surface area contributed by atoms with Gasteiger partial charge in [-0.1, -0.05) is 12.1 Å². The van der Waals surface area contributed by atoms with E-state index in [2.05, 4.69) is 0 Å². The van der Waals surface area contributed by atoms with Gasteiger partial charge in [0.2, 0.25) is 5.76 Å². The summed E-state index contributed by atoms with van der Waals surface area (Å²) in [6, 6.07) is 9.64. The number of aliphatic hydroxyl groups excluding tert-OH is 1. The smallest absolute Gasteiger partial charge is 0.371 e. The number of rotatable bonds is 6. The molecule has 23 heavy (non-hydrogen) atoms. The van der Waals surface area contributed by atoms with Crippen molar-refractivity contribution in [2.45, 2.75) is 6.54 Å². The minimum atomic E-state index is -1.56. The van der Waals surface area contributed by atoms with Crippen molar-refractivity contribution in [3.8, 4) is 0 Å². The molecule has 0 aliphatic rings. The summed E-state index contributed by atoms with van der Waals surface area (Å²) in [5.41, 5.74) is 1.61. The SMILES string of the molecule is O=C(/C=C(\O)C(=O)O)/C=C/c1cccn1Cc1ccc(F)cc1. The van der Waals surface area contributed by atoms with Crippen LogP contribution in [-0.4, -0.2) is 26.5 Å². The van der Waals surface area contributed by atoms with Gasteiger partial charge in [-0.05, 0) is 42.0 Å². The van der Waals surface area contributed by atoms with Crippen LogP contribution in [0.2, 0.25) is 0 Å². The van der Waals surface area contributed by atoms with Crippen molar-refractivity contribution < 1.29 is 24.2 Å². The van der Waals surface area contributed by atoms with Crippen molar-refractivity contribution in [1.82, 2.24) is 4.57 Å². The highest BCUT2D eigenvalue weighted by atomic mass is 19.1. The molecule has 0 fully saturated rings. The van der Waals surface area contributed by atoms with Gasteiger partial charge in [-0.25, -0.2) is 9.18 Å². The number of carboxylic acids is 1. The first-order valence-electron chi connectivity index (χ1n) is 6.71. The summed E-state index contributed by atoms with van der Waals surface area (Å²) in [4.78, 5) is 21.9. The summed E-state index contributed by atoms with van der Waals surface area (Å²) in [5.74, 6) is -3.52. The van der Waals surface area contributed by atoms with Gasteiger partial charge in [-0.3, -0.25) is 4.79 Å². The molecule has 0 aliphatic heterocycles. The van der Waals surface area contributed by atoms with Crippen molar-refractivity contribution in [1.29, 1.82) is 0 Å². The Kier molecular flexibility index (Phi) is 5.09. The van der Waals surface area contributed by atoms with Crippen molar-refractivity contribution in [2.24, 2.45) is 0 Å². The van der Waals surface area contributed by atoms with Crippen LogP contribution in [0.15, 0.2) is 60.5 Å². The summed E-state index contributed by atoms with van der Waals surface area (Å²) >= 11 is 0. The molecule has 0 aliphatic carbocycles. The number of carbonyl (C=O) groups excluding carboxylic acids is 1. The molecule has 0 saturated heterocycles. The van der Waals surface area contributed by atoms with E-state index in [-0.39, 0.29) is 5.82 Å². The molecule has 0 spiro atoms. The average Bonchev–Trinajstić information content (AvgIpc) is 2.94. The predicted molar refractivity (Wildman–Crippen MR) is 82.3 cm³/mol. The van der Waals surface area contributed by atoms with Gasteiger partial charge in [-0.2, -0.15) is 0 Å².